The fourth-order valence-corrected chi connectivity index (χ4v) is 8.77. The van der Waals surface area contributed by atoms with E-state index in [1.165, 1.54) is 0 Å². The Kier molecular flexibility index (Phi) is 17.4. The molecule has 0 atom stereocenters. The number of ketones is 1. The number of hydrogen-bond acceptors (Lipinski definition) is 2. The molecular formula is C53H34BF24NO2. The van der Waals surface area contributed by atoms with Crippen molar-refractivity contribution in [3.63, 3.8) is 0 Å². The molecule has 0 amide bonds. The van der Waals surface area contributed by atoms with E-state index in [0.717, 1.165) is 35.1 Å². The van der Waals surface area contributed by atoms with Gasteiger partial charge in [-0.3, -0.25) is 4.79 Å². The predicted octanol–water partition coefficient (Wildman–Crippen LogP) is 15.4. The molecule has 81 heavy (non-hydrogen) atoms. The summed E-state index contributed by atoms with van der Waals surface area (Å²) in [7, 11) is 0. The average molecular weight is 1180 g/mol. The summed E-state index contributed by atoms with van der Waals surface area (Å²) in [5, 5.41) is 2.16. The Bertz CT molecular complexity index is 2950. The van der Waals surface area contributed by atoms with E-state index in [9.17, 15) is 110 Å². The highest BCUT2D eigenvalue weighted by Gasteiger charge is 2.47. The largest absolute Gasteiger partial charge is 0.444 e. The zero-order valence-electron chi connectivity index (χ0n) is 40.5. The van der Waals surface area contributed by atoms with E-state index in [-0.39, 0.29) is 12.3 Å². The quantitative estimate of drug-likeness (QED) is 0.0425. The molecule has 1 heterocycles. The second kappa shape index (κ2) is 22.5. The van der Waals surface area contributed by atoms with E-state index in [2.05, 4.69) is 13.0 Å². The molecule has 0 saturated carbocycles. The van der Waals surface area contributed by atoms with Crippen molar-refractivity contribution >= 4 is 44.6 Å². The van der Waals surface area contributed by atoms with Gasteiger partial charge in [0.1, 0.15) is 6.15 Å². The van der Waals surface area contributed by atoms with Crippen LogP contribution in [0.3, 0.4) is 0 Å². The molecule has 0 aliphatic carbocycles. The maximum atomic E-state index is 14.2. The van der Waals surface area contributed by atoms with Crippen molar-refractivity contribution in [2.24, 2.45) is 0 Å². The third-order valence-corrected chi connectivity index (χ3v) is 12.5. The molecular weight excluding hydrogens is 1150 g/mol. The summed E-state index contributed by atoms with van der Waals surface area (Å²) in [5.41, 5.74) is -29.5. The number of hydrogen-bond donors (Lipinski definition) is 0. The Labute approximate surface area is 441 Å². The molecule has 7 rings (SSSR count). The fraction of sp³-hybridized carbons (Fsp3) is 0.245. The number of Topliss-reactive ketones (excluding diaryl/α,β-unsaturated/α-hetero) is 1. The van der Waals surface area contributed by atoms with Gasteiger partial charge in [0.05, 0.1) is 56.5 Å². The lowest BCUT2D eigenvalue weighted by molar-refractivity contribution is -0.687. The maximum Gasteiger partial charge on any atom is 0.416 e. The second-order valence-corrected chi connectivity index (χ2v) is 18.1. The van der Waals surface area contributed by atoms with Gasteiger partial charge in [-0.2, -0.15) is 132 Å². The van der Waals surface area contributed by atoms with Gasteiger partial charge in [-0.1, -0.05) is 110 Å². The van der Waals surface area contributed by atoms with Gasteiger partial charge in [0.15, 0.2) is 6.20 Å². The van der Waals surface area contributed by atoms with Gasteiger partial charge in [0.25, 0.3) is 0 Å². The molecule has 0 N–H and O–H groups in total. The number of benzene rings is 6. The molecule has 0 radical (unpaired) electrons. The third-order valence-electron chi connectivity index (χ3n) is 12.5. The van der Waals surface area contributed by atoms with Crippen LogP contribution in [0.25, 0.3) is 10.8 Å². The van der Waals surface area contributed by atoms with Crippen molar-refractivity contribution < 1.29 is 119 Å². The van der Waals surface area contributed by atoms with Gasteiger partial charge >= 0.3 is 55.3 Å². The Morgan fingerprint density at radius 2 is 0.704 bits per heavy atom. The van der Waals surface area contributed by atoms with Gasteiger partial charge in [-0.15, -0.1) is 0 Å². The summed E-state index contributed by atoms with van der Waals surface area (Å²) in [6.07, 6.45) is -50.8. The monoisotopic (exact) mass is 1180 g/mol. The number of halogens is 24. The molecule has 7 aromatic rings. The highest BCUT2D eigenvalue weighted by Crippen LogP contribution is 2.41. The smallest absolute Gasteiger partial charge is 0.416 e. The van der Waals surface area contributed by atoms with Crippen molar-refractivity contribution in [3.8, 4) is 5.88 Å². The molecule has 0 spiro atoms. The minimum absolute atomic E-state index is 0.0798. The number of alkyl halides is 24. The Morgan fingerprint density at radius 1 is 0.407 bits per heavy atom. The van der Waals surface area contributed by atoms with Crippen LogP contribution in [0.4, 0.5) is 105 Å². The third kappa shape index (κ3) is 14.6. The van der Waals surface area contributed by atoms with Crippen molar-refractivity contribution in [3.05, 3.63) is 190 Å². The molecule has 434 valence electrons. The zero-order valence-corrected chi connectivity index (χ0v) is 40.5. The molecule has 0 aliphatic heterocycles. The number of aromatic nitrogens is 1. The lowest BCUT2D eigenvalue weighted by Gasteiger charge is -2.46. The van der Waals surface area contributed by atoms with Crippen LogP contribution in [0.5, 0.6) is 5.88 Å². The van der Waals surface area contributed by atoms with Crippen LogP contribution in [0.15, 0.2) is 140 Å². The molecule has 1 aromatic heterocycles. The first kappa shape index (κ1) is 62.8. The normalized spacial score (nSPS) is 13.2. The lowest BCUT2D eigenvalue weighted by Crippen LogP contribution is -2.75. The molecule has 0 aliphatic rings. The summed E-state index contributed by atoms with van der Waals surface area (Å²) < 4.78 is 349. The number of unbranched alkanes of at least 4 members (excludes halogenated alkanes) is 1. The van der Waals surface area contributed by atoms with E-state index in [0.29, 0.717) is 6.61 Å². The number of carbonyl (C=O) groups excluding carboxylic acids is 1. The molecule has 6 aromatic carbocycles. The molecule has 0 saturated heterocycles. The summed E-state index contributed by atoms with van der Waals surface area (Å²) in [6, 6.07) is 10.7. The van der Waals surface area contributed by atoms with Crippen LogP contribution in [0, 0.1) is 0 Å². The van der Waals surface area contributed by atoms with Gasteiger partial charge < -0.3 is 4.74 Å². The number of rotatable bonds is 11. The van der Waals surface area contributed by atoms with E-state index in [1.54, 1.807) is 0 Å². The number of pyridine rings is 1. The van der Waals surface area contributed by atoms with Crippen LogP contribution >= 0.6 is 0 Å². The van der Waals surface area contributed by atoms with Crippen LogP contribution in [-0.4, -0.2) is 18.5 Å². The fourth-order valence-electron chi connectivity index (χ4n) is 8.77. The van der Waals surface area contributed by atoms with Crippen molar-refractivity contribution in [1.29, 1.82) is 0 Å². The van der Waals surface area contributed by atoms with E-state index >= 15 is 0 Å². The summed E-state index contributed by atoms with van der Waals surface area (Å²) in [5.74, 6) is 0.849. The topological polar surface area (TPSA) is 30.2 Å². The van der Waals surface area contributed by atoms with E-state index in [1.807, 2.05) is 65.4 Å². The molecule has 3 nitrogen and oxygen atoms in total. The minimum atomic E-state index is -6.13. The lowest BCUT2D eigenvalue weighted by atomic mass is 9.12. The molecule has 28 heteroatoms. The summed E-state index contributed by atoms with van der Waals surface area (Å²) >= 11 is 0. The van der Waals surface area contributed by atoms with E-state index in [4.69, 9.17) is 4.74 Å². The van der Waals surface area contributed by atoms with Crippen molar-refractivity contribution in [1.82, 2.24) is 0 Å². The van der Waals surface area contributed by atoms with Crippen molar-refractivity contribution in [2.75, 3.05) is 6.61 Å². The maximum absolute atomic E-state index is 14.2. The Balaban J connectivity index is 0.000000363. The molecule has 0 bridgehead atoms. The Hall–Kier alpha value is -7.42. The Morgan fingerprint density at radius 3 is 1.00 bits per heavy atom. The molecule has 0 fully saturated rings. The average Bonchev–Trinajstić information content (AvgIpc) is 2.97. The van der Waals surface area contributed by atoms with Gasteiger partial charge in [0.2, 0.25) is 12.3 Å². The number of nitrogens with zero attached hydrogens (tertiary/aromatic N) is 1. The van der Waals surface area contributed by atoms with Crippen LogP contribution in [0.1, 0.15) is 74.6 Å². The first-order valence-corrected chi connectivity index (χ1v) is 23.0. The van der Waals surface area contributed by atoms with Crippen LogP contribution < -0.4 is 31.2 Å². The van der Waals surface area contributed by atoms with Gasteiger partial charge in [-0.05, 0) is 42.1 Å². The predicted molar refractivity (Wildman–Crippen MR) is 245 cm³/mol. The first-order chi connectivity index (χ1) is 37.1. The summed E-state index contributed by atoms with van der Waals surface area (Å²) in [4.78, 5) is 12.6. The van der Waals surface area contributed by atoms with Crippen LogP contribution in [0.2, 0.25) is 0 Å². The first-order valence-electron chi connectivity index (χ1n) is 23.0. The number of carbonyl (C=O) groups is 1. The highest BCUT2D eigenvalue weighted by molar-refractivity contribution is 7.20. The number of fused-ring (bicyclic) bond motifs is 1. The second-order valence-electron chi connectivity index (χ2n) is 18.1. The standard InChI is InChI=1S/C32H12BF24.C21H22NO2/c34-25(35,36)13-1-14(26(37,38)39)6-21(5-13)33(22-7-15(27(40,41)42)2-16(8-22)28(43,44)45,23-9-17(29(46,47)48)3-18(10-23)30(49,50)51)24-11-19(31(52,53)54)4-20(12-24)32(55,56)57;1-2-3-15-24-21-19-12-8-7-9-17(19)13-14-22(21)16-20(23)18-10-5-4-6-11-18/h1-12H;4-14H,2-3,15-16H2,1H3/q-1;+1. The van der Waals surface area contributed by atoms with Crippen molar-refractivity contribution in [2.45, 2.75) is 75.7 Å². The summed E-state index contributed by atoms with van der Waals surface area (Å²) in [6.45, 7) is 3.07. The van der Waals surface area contributed by atoms with E-state index < -0.39 is 195 Å². The zero-order chi connectivity index (χ0) is 60.7. The SMILES string of the molecule is CCCCOc1c2ccccc2cc[n+]1CC(=O)c1ccccc1.FC(F)(F)c1cc([B-](c2cc(C(F)(F)F)cc(C(F)(F)F)c2)(c2cc(C(F)(F)F)cc(C(F)(F)F)c2)c2cc(C(F)(F)F)cc(C(F)(F)F)c2)cc(C(F)(F)F)c1. The van der Waals surface area contributed by atoms with Gasteiger partial charge in [-0.25, -0.2) is 0 Å². The molecule has 0 unspecified atom stereocenters. The minimum Gasteiger partial charge on any atom is -0.444 e. The van der Waals surface area contributed by atoms with Crippen LogP contribution in [-0.2, 0) is 56.0 Å². The van der Waals surface area contributed by atoms with Gasteiger partial charge in [0, 0.05) is 11.6 Å². The number of ether oxygens (including phenoxy) is 1. The highest BCUT2D eigenvalue weighted by atomic mass is 19.4.